The van der Waals surface area contributed by atoms with Crippen LogP contribution in [0.1, 0.15) is 16.6 Å². The monoisotopic (exact) mass is 307 g/mol. The predicted octanol–water partition coefficient (Wildman–Crippen LogP) is 2.40. The van der Waals surface area contributed by atoms with E-state index < -0.39 is 0 Å². The number of halogens is 1. The third kappa shape index (κ3) is 2.38. The second-order valence-electron chi connectivity index (χ2n) is 5.54. The van der Waals surface area contributed by atoms with Crippen molar-refractivity contribution in [1.82, 2.24) is 9.80 Å². The highest BCUT2D eigenvalue weighted by molar-refractivity contribution is 7.21. The van der Waals surface area contributed by atoms with Crippen LogP contribution in [0.5, 0.6) is 0 Å². The topological polar surface area (TPSA) is 49.6 Å². The Morgan fingerprint density at radius 1 is 1.43 bits per heavy atom. The van der Waals surface area contributed by atoms with Crippen LogP contribution in [0.2, 0.25) is 0 Å². The summed E-state index contributed by atoms with van der Waals surface area (Å²) in [5, 5.41) is 0.369. The number of rotatable bonds is 1. The maximum absolute atomic E-state index is 13.9. The van der Waals surface area contributed by atoms with Gasteiger partial charge in [-0.1, -0.05) is 6.07 Å². The van der Waals surface area contributed by atoms with E-state index in [0.717, 1.165) is 11.2 Å². The Bertz CT molecular complexity index is 700. The summed E-state index contributed by atoms with van der Waals surface area (Å²) in [5.41, 5.74) is 6.29. The largest absolute Gasteiger partial charge is 0.397 e. The Morgan fingerprint density at radius 2 is 2.19 bits per heavy atom. The molecule has 0 saturated carbocycles. The Kier molecular flexibility index (Phi) is 3.59. The minimum atomic E-state index is -0.368. The van der Waals surface area contributed by atoms with Crippen molar-refractivity contribution < 1.29 is 9.18 Å². The fraction of sp³-hybridized carbons (Fsp3) is 0.400. The van der Waals surface area contributed by atoms with E-state index in [-0.39, 0.29) is 17.4 Å². The molecule has 0 bridgehead atoms. The number of carbonyl (C=O) groups excluding carboxylic acids is 1. The van der Waals surface area contributed by atoms with Crippen LogP contribution in [0.3, 0.4) is 0 Å². The summed E-state index contributed by atoms with van der Waals surface area (Å²) < 4.78 is 14.6. The second-order valence-corrected chi connectivity index (χ2v) is 6.59. The lowest BCUT2D eigenvalue weighted by Gasteiger charge is -2.37. The van der Waals surface area contributed by atoms with Crippen molar-refractivity contribution in [3.05, 3.63) is 28.9 Å². The van der Waals surface area contributed by atoms with E-state index in [2.05, 4.69) is 18.9 Å². The van der Waals surface area contributed by atoms with Crippen LogP contribution < -0.4 is 5.73 Å². The van der Waals surface area contributed by atoms with Crippen LogP contribution in [0.25, 0.3) is 10.1 Å². The third-order valence-corrected chi connectivity index (χ3v) is 5.30. The van der Waals surface area contributed by atoms with Crippen LogP contribution in [0.4, 0.5) is 10.1 Å². The first-order valence-electron chi connectivity index (χ1n) is 6.95. The van der Waals surface area contributed by atoms with Crippen LogP contribution in [-0.4, -0.2) is 48.4 Å². The number of nitrogens with two attached hydrogens (primary N) is 1. The minimum absolute atomic E-state index is 0.0898. The van der Waals surface area contributed by atoms with Crippen molar-refractivity contribution in [1.29, 1.82) is 0 Å². The van der Waals surface area contributed by atoms with Gasteiger partial charge in [-0.25, -0.2) is 4.39 Å². The molecule has 1 aliphatic rings. The van der Waals surface area contributed by atoms with Gasteiger partial charge in [0.2, 0.25) is 0 Å². The SMILES string of the molecule is CC1CN(C(=O)c2sc3cccc(F)c3c2N)CCN1C. The molecule has 112 valence electrons. The lowest BCUT2D eigenvalue weighted by Crippen LogP contribution is -2.51. The highest BCUT2D eigenvalue weighted by atomic mass is 32.1. The van der Waals surface area contributed by atoms with E-state index in [4.69, 9.17) is 5.73 Å². The summed E-state index contributed by atoms with van der Waals surface area (Å²) >= 11 is 1.27. The Hall–Kier alpha value is -1.66. The molecule has 1 aliphatic heterocycles. The molecule has 2 aromatic rings. The van der Waals surface area contributed by atoms with E-state index in [1.807, 2.05) is 4.90 Å². The Balaban J connectivity index is 1.95. The van der Waals surface area contributed by atoms with Gasteiger partial charge in [0.1, 0.15) is 10.7 Å². The molecule has 0 aliphatic carbocycles. The van der Waals surface area contributed by atoms with Gasteiger partial charge in [-0.05, 0) is 26.1 Å². The van der Waals surface area contributed by atoms with E-state index in [1.165, 1.54) is 17.4 Å². The van der Waals surface area contributed by atoms with Gasteiger partial charge in [-0.2, -0.15) is 0 Å². The molecule has 2 heterocycles. The number of benzene rings is 1. The number of hydrogen-bond acceptors (Lipinski definition) is 4. The fourth-order valence-corrected chi connectivity index (χ4v) is 3.77. The molecule has 2 N–H and O–H groups in total. The number of carbonyl (C=O) groups is 1. The molecule has 0 spiro atoms. The maximum Gasteiger partial charge on any atom is 0.266 e. The first-order chi connectivity index (χ1) is 9.99. The average Bonchev–Trinajstić information content (AvgIpc) is 2.80. The van der Waals surface area contributed by atoms with Crippen molar-refractivity contribution in [3.63, 3.8) is 0 Å². The fourth-order valence-electron chi connectivity index (χ4n) is 2.66. The number of thiophene rings is 1. The van der Waals surface area contributed by atoms with E-state index in [1.54, 1.807) is 12.1 Å². The molecule has 1 aromatic carbocycles. The average molecular weight is 307 g/mol. The second kappa shape index (κ2) is 5.27. The normalized spacial score (nSPS) is 20.1. The molecule has 0 radical (unpaired) electrons. The van der Waals surface area contributed by atoms with Crippen molar-refractivity contribution >= 4 is 33.0 Å². The highest BCUT2D eigenvalue weighted by Gasteiger charge is 2.28. The third-order valence-electron chi connectivity index (χ3n) is 4.14. The molecule has 1 aromatic heterocycles. The minimum Gasteiger partial charge on any atom is -0.397 e. The summed E-state index contributed by atoms with van der Waals surface area (Å²) in [4.78, 5) is 17.1. The van der Waals surface area contributed by atoms with Crippen LogP contribution in [0.15, 0.2) is 18.2 Å². The van der Waals surface area contributed by atoms with Gasteiger partial charge in [0.05, 0.1) is 11.1 Å². The van der Waals surface area contributed by atoms with Gasteiger partial charge < -0.3 is 15.5 Å². The number of anilines is 1. The summed E-state index contributed by atoms with van der Waals surface area (Å²) in [6.07, 6.45) is 0. The molecule has 6 heteroatoms. The van der Waals surface area contributed by atoms with Gasteiger partial charge in [-0.3, -0.25) is 4.79 Å². The first kappa shape index (κ1) is 14.3. The lowest BCUT2D eigenvalue weighted by atomic mass is 10.1. The Labute approximate surface area is 126 Å². The van der Waals surface area contributed by atoms with Crippen LogP contribution >= 0.6 is 11.3 Å². The summed E-state index contributed by atoms with van der Waals surface area (Å²) in [5.74, 6) is -0.458. The zero-order valence-corrected chi connectivity index (χ0v) is 12.9. The van der Waals surface area contributed by atoms with Crippen molar-refractivity contribution in [3.8, 4) is 0 Å². The number of nitrogen functional groups attached to an aromatic ring is 1. The first-order valence-corrected chi connectivity index (χ1v) is 7.76. The lowest BCUT2D eigenvalue weighted by molar-refractivity contribution is 0.0578. The molecule has 1 amide bonds. The van der Waals surface area contributed by atoms with Crippen molar-refractivity contribution in [2.24, 2.45) is 0 Å². The number of nitrogens with zero attached hydrogens (tertiary/aromatic N) is 2. The van der Waals surface area contributed by atoms with Gasteiger partial charge in [-0.15, -0.1) is 11.3 Å². The van der Waals surface area contributed by atoms with Gasteiger partial charge in [0, 0.05) is 30.4 Å². The quantitative estimate of drug-likeness (QED) is 0.880. The number of piperazine rings is 1. The maximum atomic E-state index is 13.9. The number of amides is 1. The summed E-state index contributed by atoms with van der Waals surface area (Å²) in [7, 11) is 2.05. The van der Waals surface area contributed by atoms with Crippen LogP contribution in [-0.2, 0) is 0 Å². The van der Waals surface area contributed by atoms with Crippen molar-refractivity contribution in [2.75, 3.05) is 32.4 Å². The van der Waals surface area contributed by atoms with E-state index >= 15 is 0 Å². The van der Waals surface area contributed by atoms with Crippen LogP contribution in [0, 0.1) is 5.82 Å². The van der Waals surface area contributed by atoms with Gasteiger partial charge in [0.25, 0.3) is 5.91 Å². The number of likely N-dealkylation sites (N-methyl/N-ethyl adjacent to an activating group) is 1. The summed E-state index contributed by atoms with van der Waals surface area (Å²) in [6.45, 7) is 4.28. The smallest absolute Gasteiger partial charge is 0.266 e. The predicted molar refractivity (Wildman–Crippen MR) is 84.2 cm³/mol. The number of fused-ring (bicyclic) bond motifs is 1. The molecular weight excluding hydrogens is 289 g/mol. The highest BCUT2D eigenvalue weighted by Crippen LogP contribution is 2.36. The zero-order valence-electron chi connectivity index (χ0n) is 12.1. The Morgan fingerprint density at radius 3 is 2.86 bits per heavy atom. The molecule has 4 nitrogen and oxygen atoms in total. The van der Waals surface area contributed by atoms with Gasteiger partial charge >= 0.3 is 0 Å². The molecule has 1 atom stereocenters. The molecule has 1 saturated heterocycles. The molecule has 21 heavy (non-hydrogen) atoms. The zero-order chi connectivity index (χ0) is 15.1. The molecule has 1 unspecified atom stereocenters. The van der Waals surface area contributed by atoms with E-state index in [9.17, 15) is 9.18 Å². The van der Waals surface area contributed by atoms with Crippen molar-refractivity contribution in [2.45, 2.75) is 13.0 Å². The standard InChI is InChI=1S/C15H18FN3OS/c1-9-8-19(7-6-18(9)2)15(20)14-13(17)12-10(16)4-3-5-11(12)21-14/h3-5,9H,6-8,17H2,1-2H3. The molecular formula is C15H18FN3OS. The van der Waals surface area contributed by atoms with E-state index in [0.29, 0.717) is 29.4 Å². The summed E-state index contributed by atoms with van der Waals surface area (Å²) in [6, 6.07) is 5.12. The number of hydrogen-bond donors (Lipinski definition) is 1. The molecule has 3 rings (SSSR count). The van der Waals surface area contributed by atoms with Gasteiger partial charge in [0.15, 0.2) is 0 Å². The molecule has 1 fully saturated rings.